The van der Waals surface area contributed by atoms with Crippen molar-refractivity contribution < 1.29 is 34.2 Å². The van der Waals surface area contributed by atoms with Crippen molar-refractivity contribution in [1.82, 2.24) is 0 Å². The number of nitrogens with two attached hydrogens (primary N) is 2. The van der Waals surface area contributed by atoms with Gasteiger partial charge in [0.2, 0.25) is 0 Å². The second-order valence-electron chi connectivity index (χ2n) is 14.1. The monoisotopic (exact) mass is 559 g/mol. The van der Waals surface area contributed by atoms with Crippen LogP contribution in [0.5, 0.6) is 0 Å². The summed E-state index contributed by atoms with van der Waals surface area (Å²) in [6.07, 6.45) is 14.1. The SMILES string of the molecule is CC=C(CCO)C(=O)O[C@]1(C)CC2CCCCC2[C@@H](C2CCC(N)[NH2+]C2)[C@@]12CC1CC3CCC(=O)OC3CC1O2. The van der Waals surface area contributed by atoms with Crippen LogP contribution in [-0.4, -0.2) is 59.8 Å². The molecule has 0 radical (unpaired) electrons. The van der Waals surface area contributed by atoms with E-state index in [1.54, 1.807) is 6.08 Å². The lowest BCUT2D eigenvalue weighted by Gasteiger charge is -2.61. The van der Waals surface area contributed by atoms with E-state index in [-0.39, 0.29) is 36.9 Å². The molecule has 6 fully saturated rings. The number of aliphatic hydroxyl groups excluding tert-OH is 1. The Morgan fingerprint density at radius 1 is 1.07 bits per heavy atom. The molecule has 8 heteroatoms. The third-order valence-electron chi connectivity index (χ3n) is 12.0. The second-order valence-corrected chi connectivity index (χ2v) is 14.1. The molecule has 3 saturated carbocycles. The fourth-order valence-corrected chi connectivity index (χ4v) is 10.2. The van der Waals surface area contributed by atoms with E-state index in [0.717, 1.165) is 51.5 Å². The van der Waals surface area contributed by atoms with Crippen molar-refractivity contribution in [3.05, 3.63) is 11.6 Å². The van der Waals surface area contributed by atoms with Crippen LogP contribution in [0.4, 0.5) is 0 Å². The van der Waals surface area contributed by atoms with Crippen molar-refractivity contribution >= 4 is 11.9 Å². The summed E-state index contributed by atoms with van der Waals surface area (Å²) in [7, 11) is 0. The molecule has 224 valence electrons. The van der Waals surface area contributed by atoms with E-state index >= 15 is 0 Å². The molecule has 6 aliphatic rings. The van der Waals surface area contributed by atoms with Gasteiger partial charge in [0.05, 0.1) is 12.6 Å². The van der Waals surface area contributed by atoms with E-state index in [9.17, 15) is 14.7 Å². The zero-order valence-corrected chi connectivity index (χ0v) is 24.5. The molecule has 0 aromatic rings. The Kier molecular flexibility index (Phi) is 8.09. The fourth-order valence-electron chi connectivity index (χ4n) is 10.2. The molecule has 6 rings (SSSR count). The number of esters is 2. The highest BCUT2D eigenvalue weighted by atomic mass is 16.6. The molecule has 3 aliphatic carbocycles. The highest BCUT2D eigenvalue weighted by Crippen LogP contribution is 2.64. The first kappa shape index (κ1) is 28.6. The molecule has 5 N–H and O–H groups in total. The van der Waals surface area contributed by atoms with Gasteiger partial charge in [0.1, 0.15) is 23.5 Å². The minimum Gasteiger partial charge on any atom is -0.462 e. The van der Waals surface area contributed by atoms with Crippen LogP contribution >= 0.6 is 0 Å². The number of hydrogen-bond acceptors (Lipinski definition) is 7. The lowest BCUT2D eigenvalue weighted by Crippen LogP contribution is -2.96. The molecule has 8 nitrogen and oxygen atoms in total. The third kappa shape index (κ3) is 4.95. The van der Waals surface area contributed by atoms with Gasteiger partial charge in [-0.2, -0.15) is 0 Å². The lowest BCUT2D eigenvalue weighted by atomic mass is 9.49. The van der Waals surface area contributed by atoms with E-state index in [1.165, 1.54) is 25.7 Å². The summed E-state index contributed by atoms with van der Waals surface area (Å²) in [6.45, 7) is 4.92. The Morgan fingerprint density at radius 2 is 1.90 bits per heavy atom. The minimum absolute atomic E-state index is 0.0151. The molecule has 11 atom stereocenters. The quantitative estimate of drug-likeness (QED) is 0.349. The molecule has 8 unspecified atom stereocenters. The van der Waals surface area contributed by atoms with Crippen molar-refractivity contribution in [1.29, 1.82) is 0 Å². The van der Waals surface area contributed by atoms with Crippen LogP contribution in [0.3, 0.4) is 0 Å². The number of carbonyl (C=O) groups excluding carboxylic acids is 2. The van der Waals surface area contributed by atoms with Crippen molar-refractivity contribution in [3.8, 4) is 0 Å². The van der Waals surface area contributed by atoms with Crippen molar-refractivity contribution in [2.24, 2.45) is 41.2 Å². The maximum absolute atomic E-state index is 13.7. The average Bonchev–Trinajstić information content (AvgIpc) is 3.31. The van der Waals surface area contributed by atoms with E-state index in [1.807, 2.05) is 6.92 Å². The van der Waals surface area contributed by atoms with Crippen LogP contribution in [-0.2, 0) is 23.8 Å². The van der Waals surface area contributed by atoms with Crippen molar-refractivity contribution in [3.63, 3.8) is 0 Å². The van der Waals surface area contributed by atoms with Crippen LogP contribution < -0.4 is 11.1 Å². The Balaban J connectivity index is 1.39. The second kappa shape index (κ2) is 11.3. The Hall–Kier alpha value is -1.48. The maximum atomic E-state index is 13.7. The Morgan fingerprint density at radius 3 is 2.65 bits per heavy atom. The molecular weight excluding hydrogens is 508 g/mol. The standard InChI is InChI=1S/C32H50N2O6/c1-3-19(12-13-35)30(37)40-31(2)16-21-6-4-5-7-24(21)29(22-8-10-27(33)34-18-22)32(31)17-23-14-20-9-11-28(36)38-25(20)15-26(23)39-32/h3,20-27,29,34-35H,4-18,33H2,1-2H3/p+1/t20?,21?,22?,23?,24?,25?,26?,27?,29-,31-,32+/m1/s1. The average molecular weight is 560 g/mol. The molecule has 0 bridgehead atoms. The molecule has 3 heterocycles. The topological polar surface area (TPSA) is 125 Å². The Bertz CT molecular complexity index is 994. The molecular formula is C32H51N2O6+. The zero-order chi connectivity index (χ0) is 28.1. The maximum Gasteiger partial charge on any atom is 0.334 e. The Labute approximate surface area is 239 Å². The molecule has 0 aromatic heterocycles. The van der Waals surface area contributed by atoms with Gasteiger partial charge in [-0.25, -0.2) is 4.79 Å². The van der Waals surface area contributed by atoms with Crippen LogP contribution in [0.2, 0.25) is 0 Å². The van der Waals surface area contributed by atoms with Crippen LogP contribution in [0.15, 0.2) is 11.6 Å². The number of carbonyl (C=O) groups is 2. The number of allylic oxidation sites excluding steroid dienone is 1. The third-order valence-corrected chi connectivity index (χ3v) is 12.0. The predicted molar refractivity (Wildman–Crippen MR) is 149 cm³/mol. The number of ether oxygens (including phenoxy) is 3. The zero-order valence-electron chi connectivity index (χ0n) is 24.5. The summed E-state index contributed by atoms with van der Waals surface area (Å²) in [4.78, 5) is 25.8. The number of rotatable bonds is 5. The number of aliphatic hydroxyl groups is 1. The molecule has 3 saturated heterocycles. The number of quaternary nitrogens is 1. The van der Waals surface area contributed by atoms with Crippen molar-refractivity contribution in [2.75, 3.05) is 13.2 Å². The van der Waals surface area contributed by atoms with Crippen LogP contribution in [0.1, 0.15) is 97.3 Å². The molecule has 1 spiro atoms. The van der Waals surface area contributed by atoms with Gasteiger partial charge in [-0.15, -0.1) is 0 Å². The highest BCUT2D eigenvalue weighted by Gasteiger charge is 2.70. The van der Waals surface area contributed by atoms with E-state index in [2.05, 4.69) is 12.2 Å². The van der Waals surface area contributed by atoms with Gasteiger partial charge in [0, 0.05) is 49.7 Å². The summed E-state index contributed by atoms with van der Waals surface area (Å²) in [5.41, 5.74) is 5.54. The highest BCUT2D eigenvalue weighted by molar-refractivity contribution is 5.88. The summed E-state index contributed by atoms with van der Waals surface area (Å²) >= 11 is 0. The largest absolute Gasteiger partial charge is 0.462 e. The summed E-state index contributed by atoms with van der Waals surface area (Å²) in [5.74, 6) is 2.22. The normalized spacial score (nSPS) is 47.1. The lowest BCUT2D eigenvalue weighted by molar-refractivity contribution is -0.704. The number of fused-ring (bicyclic) bond motifs is 3. The summed E-state index contributed by atoms with van der Waals surface area (Å²) in [6, 6.07) is 0. The van der Waals surface area contributed by atoms with Crippen LogP contribution in [0, 0.1) is 35.5 Å². The van der Waals surface area contributed by atoms with E-state index in [0.29, 0.717) is 53.9 Å². The summed E-state index contributed by atoms with van der Waals surface area (Å²) < 4.78 is 20.0. The summed E-state index contributed by atoms with van der Waals surface area (Å²) in [5, 5.41) is 11.9. The van der Waals surface area contributed by atoms with Gasteiger partial charge >= 0.3 is 11.9 Å². The fraction of sp³-hybridized carbons (Fsp3) is 0.875. The van der Waals surface area contributed by atoms with E-state index in [4.69, 9.17) is 19.9 Å². The molecule has 40 heavy (non-hydrogen) atoms. The van der Waals surface area contributed by atoms with Gasteiger partial charge < -0.3 is 24.6 Å². The predicted octanol–water partition coefficient (Wildman–Crippen LogP) is 2.96. The molecule has 0 aromatic carbocycles. The molecule has 3 aliphatic heterocycles. The van der Waals surface area contributed by atoms with Crippen LogP contribution in [0.25, 0.3) is 0 Å². The van der Waals surface area contributed by atoms with Gasteiger partial charge in [-0.1, -0.05) is 25.3 Å². The smallest absolute Gasteiger partial charge is 0.334 e. The van der Waals surface area contributed by atoms with Gasteiger partial charge in [-0.05, 0) is 76.0 Å². The molecule has 0 amide bonds. The van der Waals surface area contributed by atoms with E-state index < -0.39 is 11.2 Å². The van der Waals surface area contributed by atoms with Gasteiger partial charge in [0.25, 0.3) is 0 Å². The first-order valence-electron chi connectivity index (χ1n) is 16.2. The first-order valence-corrected chi connectivity index (χ1v) is 16.2. The number of piperidine rings is 1. The van der Waals surface area contributed by atoms with Gasteiger partial charge in [-0.3, -0.25) is 10.5 Å². The number of hydrogen-bond donors (Lipinski definition) is 3. The van der Waals surface area contributed by atoms with Crippen molar-refractivity contribution in [2.45, 2.75) is 127 Å². The van der Waals surface area contributed by atoms with Gasteiger partial charge in [0.15, 0.2) is 0 Å². The first-order chi connectivity index (χ1) is 19.3. The minimum atomic E-state index is -0.768.